The van der Waals surface area contributed by atoms with Crippen molar-refractivity contribution >= 4 is 69.1 Å². The number of hydrogen-bond donors (Lipinski definition) is 1. The zero-order valence-corrected chi connectivity index (χ0v) is 20.0. The molecular weight excluding hydrogens is 494 g/mol. The molecule has 4 aromatic rings. The van der Waals surface area contributed by atoms with Crippen LogP contribution in [0.5, 0.6) is 5.75 Å². The molecule has 0 spiro atoms. The maximum atomic E-state index is 12.4. The van der Waals surface area contributed by atoms with Crippen LogP contribution in [0.4, 0.5) is 5.69 Å². The van der Waals surface area contributed by atoms with Gasteiger partial charge in [-0.3, -0.25) is 4.79 Å². The lowest BCUT2D eigenvalue weighted by molar-refractivity contribution is -0.118. The SMILES string of the molecule is Cc1c(Cl)c(C)c(Cl)c(OCC(=O)Nc2ccc3oc(-c4cccc(Cl)c4)nc3c2)c1Cl. The van der Waals surface area contributed by atoms with Gasteiger partial charge in [-0.2, -0.15) is 0 Å². The Morgan fingerprint density at radius 3 is 2.41 bits per heavy atom. The molecule has 32 heavy (non-hydrogen) atoms. The molecule has 0 unspecified atom stereocenters. The first-order chi connectivity index (χ1) is 15.2. The normalized spacial score (nSPS) is 11.1. The highest BCUT2D eigenvalue weighted by molar-refractivity contribution is 6.42. The lowest BCUT2D eigenvalue weighted by atomic mass is 10.1. The van der Waals surface area contributed by atoms with E-state index in [0.717, 1.165) is 5.56 Å². The van der Waals surface area contributed by atoms with Crippen molar-refractivity contribution in [3.8, 4) is 17.2 Å². The van der Waals surface area contributed by atoms with Gasteiger partial charge in [0.1, 0.15) is 5.52 Å². The van der Waals surface area contributed by atoms with E-state index < -0.39 is 0 Å². The summed E-state index contributed by atoms with van der Waals surface area (Å²) in [7, 11) is 0. The van der Waals surface area contributed by atoms with E-state index in [1.165, 1.54) is 0 Å². The number of aromatic nitrogens is 1. The second-order valence-corrected chi connectivity index (χ2v) is 8.64. The monoisotopic (exact) mass is 508 g/mol. The highest BCUT2D eigenvalue weighted by atomic mass is 35.5. The highest BCUT2D eigenvalue weighted by Gasteiger charge is 2.19. The molecule has 0 aliphatic carbocycles. The largest absolute Gasteiger partial charge is 0.481 e. The summed E-state index contributed by atoms with van der Waals surface area (Å²) in [6, 6.07) is 12.4. The van der Waals surface area contributed by atoms with Gasteiger partial charge in [-0.15, -0.1) is 0 Å². The molecule has 9 heteroatoms. The van der Waals surface area contributed by atoms with Crippen molar-refractivity contribution in [2.45, 2.75) is 13.8 Å². The average molecular weight is 510 g/mol. The van der Waals surface area contributed by atoms with Gasteiger partial charge >= 0.3 is 0 Å². The number of oxazole rings is 1. The van der Waals surface area contributed by atoms with Crippen molar-refractivity contribution in [2.75, 3.05) is 11.9 Å². The lowest BCUT2D eigenvalue weighted by Gasteiger charge is -2.15. The summed E-state index contributed by atoms with van der Waals surface area (Å²) in [4.78, 5) is 16.9. The van der Waals surface area contributed by atoms with Gasteiger partial charge in [0.15, 0.2) is 17.9 Å². The first kappa shape index (κ1) is 22.7. The summed E-state index contributed by atoms with van der Waals surface area (Å²) in [6.45, 7) is 3.22. The molecule has 1 N–H and O–H groups in total. The van der Waals surface area contributed by atoms with Crippen LogP contribution in [0.1, 0.15) is 11.1 Å². The molecule has 0 aliphatic rings. The predicted octanol–water partition coefficient (Wildman–Crippen LogP) is 7.74. The van der Waals surface area contributed by atoms with E-state index in [1.54, 1.807) is 44.2 Å². The Balaban J connectivity index is 1.49. The molecule has 5 nitrogen and oxygen atoms in total. The maximum absolute atomic E-state index is 12.4. The molecule has 0 saturated heterocycles. The maximum Gasteiger partial charge on any atom is 0.262 e. The first-order valence-electron chi connectivity index (χ1n) is 9.47. The number of anilines is 1. The minimum absolute atomic E-state index is 0.223. The van der Waals surface area contributed by atoms with Crippen molar-refractivity contribution in [3.05, 3.63) is 73.7 Å². The molecule has 0 saturated carbocycles. The molecule has 3 aromatic carbocycles. The van der Waals surface area contributed by atoms with E-state index in [-0.39, 0.29) is 28.3 Å². The van der Waals surface area contributed by atoms with Gasteiger partial charge in [0, 0.05) is 21.3 Å². The number of ether oxygens (including phenoxy) is 1. The standard InChI is InChI=1S/C23H16Cl4N2O3/c1-11-19(25)12(2)21(27)22(20(11)26)31-10-18(30)28-15-6-7-17-16(9-15)29-23(32-17)13-4-3-5-14(24)8-13/h3-9H,10H2,1-2H3,(H,28,30). The van der Waals surface area contributed by atoms with Crippen molar-refractivity contribution in [1.82, 2.24) is 4.98 Å². The van der Waals surface area contributed by atoms with Gasteiger partial charge < -0.3 is 14.5 Å². The summed E-state index contributed by atoms with van der Waals surface area (Å²) in [5, 5.41) is 4.37. The van der Waals surface area contributed by atoms with E-state index in [1.807, 2.05) is 12.1 Å². The van der Waals surface area contributed by atoms with Crippen molar-refractivity contribution < 1.29 is 13.9 Å². The zero-order chi connectivity index (χ0) is 23.0. The Hall–Kier alpha value is -2.44. The lowest BCUT2D eigenvalue weighted by Crippen LogP contribution is -2.20. The first-order valence-corrected chi connectivity index (χ1v) is 11.0. The minimum Gasteiger partial charge on any atom is -0.481 e. The second kappa shape index (κ2) is 9.20. The fourth-order valence-corrected chi connectivity index (χ4v) is 4.13. The number of halogens is 4. The van der Waals surface area contributed by atoms with Crippen molar-refractivity contribution in [2.24, 2.45) is 0 Å². The summed E-state index contributed by atoms with van der Waals surface area (Å²) in [6.07, 6.45) is 0. The van der Waals surface area contributed by atoms with Gasteiger partial charge in [0.25, 0.3) is 5.91 Å². The fourth-order valence-electron chi connectivity index (χ4n) is 3.12. The Labute approximate surface area is 204 Å². The molecule has 0 aliphatic heterocycles. The van der Waals surface area contributed by atoms with Gasteiger partial charge in [0.2, 0.25) is 5.89 Å². The molecule has 4 rings (SSSR count). The van der Waals surface area contributed by atoms with Gasteiger partial charge in [-0.25, -0.2) is 4.98 Å². The van der Waals surface area contributed by atoms with Gasteiger partial charge in [0.05, 0.1) is 10.0 Å². The van der Waals surface area contributed by atoms with Crippen LogP contribution < -0.4 is 10.1 Å². The van der Waals surface area contributed by atoms with Crippen molar-refractivity contribution in [1.29, 1.82) is 0 Å². The number of carbonyl (C=O) groups excluding carboxylic acids is 1. The third kappa shape index (κ3) is 4.52. The van der Waals surface area contributed by atoms with Crippen LogP contribution in [-0.4, -0.2) is 17.5 Å². The molecule has 1 heterocycles. The summed E-state index contributed by atoms with van der Waals surface area (Å²) in [5.74, 6) is 0.272. The van der Waals surface area contributed by atoms with Gasteiger partial charge in [-0.1, -0.05) is 52.5 Å². The van der Waals surface area contributed by atoms with Crippen LogP contribution in [0.15, 0.2) is 46.9 Å². The number of amides is 1. The minimum atomic E-state index is -0.389. The zero-order valence-electron chi connectivity index (χ0n) is 16.9. The van der Waals surface area contributed by atoms with Crippen LogP contribution >= 0.6 is 46.4 Å². The average Bonchev–Trinajstić information content (AvgIpc) is 3.20. The van der Waals surface area contributed by atoms with Gasteiger partial charge in [-0.05, 0) is 61.4 Å². The van der Waals surface area contributed by atoms with Crippen LogP contribution in [0.25, 0.3) is 22.6 Å². The van der Waals surface area contributed by atoms with Crippen LogP contribution in [0.2, 0.25) is 20.1 Å². The Morgan fingerprint density at radius 1 is 1.00 bits per heavy atom. The van der Waals surface area contributed by atoms with Crippen LogP contribution in [0, 0.1) is 13.8 Å². The Morgan fingerprint density at radius 2 is 1.72 bits per heavy atom. The van der Waals surface area contributed by atoms with E-state index in [0.29, 0.717) is 43.9 Å². The number of fused-ring (bicyclic) bond motifs is 1. The summed E-state index contributed by atoms with van der Waals surface area (Å²) >= 11 is 24.8. The number of nitrogens with one attached hydrogen (secondary N) is 1. The smallest absolute Gasteiger partial charge is 0.262 e. The molecular formula is C23H16Cl4N2O3. The second-order valence-electron chi connectivity index (χ2n) is 7.07. The fraction of sp³-hybridized carbons (Fsp3) is 0.130. The molecule has 1 amide bonds. The van der Waals surface area contributed by atoms with E-state index >= 15 is 0 Å². The molecule has 164 valence electrons. The number of rotatable bonds is 5. The van der Waals surface area contributed by atoms with E-state index in [4.69, 9.17) is 55.6 Å². The third-order valence-electron chi connectivity index (χ3n) is 4.81. The number of benzene rings is 3. The Bertz CT molecular complexity index is 1320. The quantitative estimate of drug-likeness (QED) is 0.298. The highest BCUT2D eigenvalue weighted by Crippen LogP contribution is 2.42. The van der Waals surface area contributed by atoms with Crippen LogP contribution in [-0.2, 0) is 4.79 Å². The number of nitrogens with zero attached hydrogens (tertiary/aromatic N) is 1. The van der Waals surface area contributed by atoms with Crippen LogP contribution in [0.3, 0.4) is 0 Å². The van der Waals surface area contributed by atoms with E-state index in [9.17, 15) is 4.79 Å². The Kier molecular flexibility index (Phi) is 6.54. The molecule has 0 atom stereocenters. The molecule has 0 fully saturated rings. The van der Waals surface area contributed by atoms with Crippen molar-refractivity contribution in [3.63, 3.8) is 0 Å². The summed E-state index contributed by atoms with van der Waals surface area (Å²) < 4.78 is 11.4. The number of carbonyl (C=O) groups is 1. The third-order valence-corrected chi connectivity index (χ3v) is 6.52. The molecule has 0 bridgehead atoms. The molecule has 1 aromatic heterocycles. The summed E-state index contributed by atoms with van der Waals surface area (Å²) in [5.41, 5.74) is 3.75. The van der Waals surface area contributed by atoms with E-state index in [2.05, 4.69) is 10.3 Å². The molecule has 0 radical (unpaired) electrons. The predicted molar refractivity (Wildman–Crippen MR) is 130 cm³/mol. The topological polar surface area (TPSA) is 64.4 Å². The number of hydrogen-bond acceptors (Lipinski definition) is 4.